The van der Waals surface area contributed by atoms with E-state index in [2.05, 4.69) is 4.98 Å². The second-order valence-electron chi connectivity index (χ2n) is 5.27. The maximum atomic E-state index is 13.6. The molecular weight excluding hydrogens is 300 g/mol. The van der Waals surface area contributed by atoms with Crippen LogP contribution in [0.3, 0.4) is 0 Å². The molecule has 3 aromatic rings. The number of benzene rings is 2. The summed E-state index contributed by atoms with van der Waals surface area (Å²) in [5.74, 6) is -0.693. The second kappa shape index (κ2) is 5.89. The summed E-state index contributed by atoms with van der Waals surface area (Å²) in [4.78, 5) is 17.2. The van der Waals surface area contributed by atoms with Crippen LogP contribution in [0.2, 0.25) is 0 Å². The number of fused-ring (bicyclic) bond motifs is 1. The van der Waals surface area contributed by atoms with Crippen molar-refractivity contribution in [2.75, 3.05) is 0 Å². The van der Waals surface area contributed by atoms with Gasteiger partial charge in [0.25, 0.3) is 5.56 Å². The molecule has 0 spiro atoms. The van der Waals surface area contributed by atoms with Crippen LogP contribution >= 0.6 is 0 Å². The van der Waals surface area contributed by atoms with E-state index < -0.39 is 23.2 Å². The van der Waals surface area contributed by atoms with Crippen LogP contribution in [0.1, 0.15) is 25.2 Å². The molecule has 0 aliphatic heterocycles. The Morgan fingerprint density at radius 1 is 1.17 bits per heavy atom. The van der Waals surface area contributed by atoms with Gasteiger partial charge in [-0.3, -0.25) is 9.36 Å². The highest BCUT2D eigenvalue weighted by atomic mass is 19.1. The summed E-state index contributed by atoms with van der Waals surface area (Å²) in [6.07, 6.45) is 0.550. The Morgan fingerprint density at radius 3 is 2.61 bits per heavy atom. The van der Waals surface area contributed by atoms with E-state index >= 15 is 0 Å². The SMILES string of the molecule is CCC(N)c1nc2ccc(F)cc2c(=O)n1-c1cccc(F)c1. The van der Waals surface area contributed by atoms with Crippen LogP contribution < -0.4 is 11.3 Å². The lowest BCUT2D eigenvalue weighted by atomic mass is 10.1. The summed E-state index contributed by atoms with van der Waals surface area (Å²) in [7, 11) is 0. The number of rotatable bonds is 3. The molecule has 0 fully saturated rings. The van der Waals surface area contributed by atoms with Crippen molar-refractivity contribution in [3.63, 3.8) is 0 Å². The minimum absolute atomic E-state index is 0.126. The third-order valence-corrected chi connectivity index (χ3v) is 3.69. The van der Waals surface area contributed by atoms with E-state index in [-0.39, 0.29) is 5.39 Å². The molecule has 0 aliphatic carbocycles. The van der Waals surface area contributed by atoms with E-state index in [1.54, 1.807) is 6.07 Å². The Hall–Kier alpha value is -2.60. The molecule has 2 N–H and O–H groups in total. The van der Waals surface area contributed by atoms with Crippen LogP contribution in [0.25, 0.3) is 16.6 Å². The molecule has 2 aromatic carbocycles. The fourth-order valence-corrected chi connectivity index (χ4v) is 2.47. The van der Waals surface area contributed by atoms with Crippen molar-refractivity contribution in [3.8, 4) is 5.69 Å². The van der Waals surface area contributed by atoms with Gasteiger partial charge in [-0.25, -0.2) is 13.8 Å². The van der Waals surface area contributed by atoms with Crippen LogP contribution in [0, 0.1) is 11.6 Å². The third-order valence-electron chi connectivity index (χ3n) is 3.69. The zero-order chi connectivity index (χ0) is 16.6. The van der Waals surface area contributed by atoms with Crippen molar-refractivity contribution < 1.29 is 8.78 Å². The minimum atomic E-state index is -0.533. The van der Waals surface area contributed by atoms with Gasteiger partial charge in [0.1, 0.15) is 17.5 Å². The summed E-state index contributed by atoms with van der Waals surface area (Å²) in [6.45, 7) is 1.86. The van der Waals surface area contributed by atoms with E-state index in [0.29, 0.717) is 23.4 Å². The number of hydrogen-bond acceptors (Lipinski definition) is 3. The molecule has 0 amide bonds. The number of halogens is 2. The van der Waals surface area contributed by atoms with Crippen LogP contribution in [0.5, 0.6) is 0 Å². The van der Waals surface area contributed by atoms with Gasteiger partial charge in [0.05, 0.1) is 22.6 Å². The molecule has 1 unspecified atom stereocenters. The van der Waals surface area contributed by atoms with Gasteiger partial charge in [0.15, 0.2) is 0 Å². The molecular formula is C17H15F2N3O. The lowest BCUT2D eigenvalue weighted by Crippen LogP contribution is -2.28. The van der Waals surface area contributed by atoms with Crippen molar-refractivity contribution in [2.24, 2.45) is 5.73 Å². The largest absolute Gasteiger partial charge is 0.321 e. The van der Waals surface area contributed by atoms with Crippen molar-refractivity contribution in [1.82, 2.24) is 9.55 Å². The summed E-state index contributed by atoms with van der Waals surface area (Å²) in [5, 5.41) is 0.126. The second-order valence-corrected chi connectivity index (χ2v) is 5.27. The van der Waals surface area contributed by atoms with Gasteiger partial charge < -0.3 is 5.73 Å². The highest BCUT2D eigenvalue weighted by Gasteiger charge is 2.17. The zero-order valence-electron chi connectivity index (χ0n) is 12.5. The molecule has 6 heteroatoms. The summed E-state index contributed by atoms with van der Waals surface area (Å²) in [5.41, 5.74) is 6.27. The van der Waals surface area contributed by atoms with Gasteiger partial charge in [0.2, 0.25) is 0 Å². The van der Waals surface area contributed by atoms with Gasteiger partial charge >= 0.3 is 0 Å². The van der Waals surface area contributed by atoms with Gasteiger partial charge in [-0.05, 0) is 42.8 Å². The molecule has 0 radical (unpaired) electrons. The highest BCUT2D eigenvalue weighted by Crippen LogP contribution is 2.19. The maximum Gasteiger partial charge on any atom is 0.266 e. The van der Waals surface area contributed by atoms with Crippen molar-refractivity contribution in [2.45, 2.75) is 19.4 Å². The summed E-state index contributed by atoms with van der Waals surface area (Å²) in [6, 6.07) is 8.89. The standard InChI is InChI=1S/C17H15F2N3O/c1-2-14(20)16-21-15-7-6-11(19)9-13(15)17(23)22(16)12-5-3-4-10(18)8-12/h3-9,14H,2,20H2,1H3. The fourth-order valence-electron chi connectivity index (χ4n) is 2.47. The predicted octanol–water partition coefficient (Wildman–Crippen LogP) is 3.07. The minimum Gasteiger partial charge on any atom is -0.321 e. The smallest absolute Gasteiger partial charge is 0.266 e. The first-order chi connectivity index (χ1) is 11.0. The molecule has 1 aromatic heterocycles. The van der Waals surface area contributed by atoms with E-state index in [4.69, 9.17) is 5.73 Å². The normalized spacial score (nSPS) is 12.5. The molecule has 4 nitrogen and oxygen atoms in total. The van der Waals surface area contributed by atoms with Crippen molar-refractivity contribution in [3.05, 3.63) is 70.3 Å². The number of nitrogens with two attached hydrogens (primary N) is 1. The Balaban J connectivity index is 2.41. The number of nitrogens with zero attached hydrogens (tertiary/aromatic N) is 2. The quantitative estimate of drug-likeness (QED) is 0.808. The van der Waals surface area contributed by atoms with Crippen molar-refractivity contribution >= 4 is 10.9 Å². The maximum absolute atomic E-state index is 13.6. The third kappa shape index (κ3) is 2.73. The Kier molecular flexibility index (Phi) is 3.92. The molecule has 0 saturated heterocycles. The Labute approximate surface area is 131 Å². The first-order valence-electron chi connectivity index (χ1n) is 7.25. The van der Waals surface area contributed by atoms with Crippen LogP contribution in [-0.4, -0.2) is 9.55 Å². The van der Waals surface area contributed by atoms with Crippen LogP contribution in [0.15, 0.2) is 47.3 Å². The summed E-state index contributed by atoms with van der Waals surface area (Å²) >= 11 is 0. The lowest BCUT2D eigenvalue weighted by molar-refractivity contribution is 0.610. The summed E-state index contributed by atoms with van der Waals surface area (Å²) < 4.78 is 28.3. The van der Waals surface area contributed by atoms with E-state index in [1.165, 1.54) is 34.9 Å². The fraction of sp³-hybridized carbons (Fsp3) is 0.176. The molecule has 0 bridgehead atoms. The van der Waals surface area contributed by atoms with E-state index in [9.17, 15) is 13.6 Å². The molecule has 23 heavy (non-hydrogen) atoms. The predicted molar refractivity (Wildman–Crippen MR) is 84.5 cm³/mol. The van der Waals surface area contributed by atoms with Crippen molar-refractivity contribution in [1.29, 1.82) is 0 Å². The molecule has 3 rings (SSSR count). The highest BCUT2D eigenvalue weighted by molar-refractivity contribution is 5.78. The molecule has 1 atom stereocenters. The lowest BCUT2D eigenvalue weighted by Gasteiger charge is -2.17. The van der Waals surface area contributed by atoms with Gasteiger partial charge in [0, 0.05) is 0 Å². The molecule has 118 valence electrons. The molecule has 1 heterocycles. The topological polar surface area (TPSA) is 60.9 Å². The number of hydrogen-bond donors (Lipinski definition) is 1. The van der Waals surface area contributed by atoms with Crippen LogP contribution in [-0.2, 0) is 0 Å². The Morgan fingerprint density at radius 2 is 1.91 bits per heavy atom. The van der Waals surface area contributed by atoms with Gasteiger partial charge in [-0.2, -0.15) is 0 Å². The molecule has 0 aliphatic rings. The zero-order valence-corrected chi connectivity index (χ0v) is 12.5. The monoisotopic (exact) mass is 315 g/mol. The van der Waals surface area contributed by atoms with Gasteiger partial charge in [-0.15, -0.1) is 0 Å². The Bertz CT molecular complexity index is 937. The average molecular weight is 315 g/mol. The van der Waals surface area contributed by atoms with Crippen LogP contribution in [0.4, 0.5) is 8.78 Å². The van der Waals surface area contributed by atoms with E-state index in [1.807, 2.05) is 6.92 Å². The van der Waals surface area contributed by atoms with Gasteiger partial charge in [-0.1, -0.05) is 13.0 Å². The van der Waals surface area contributed by atoms with E-state index in [0.717, 1.165) is 6.07 Å². The first kappa shape index (κ1) is 15.3. The number of aromatic nitrogens is 2. The first-order valence-corrected chi connectivity index (χ1v) is 7.25. The average Bonchev–Trinajstić information content (AvgIpc) is 2.54. The molecule has 0 saturated carbocycles.